The Bertz CT molecular complexity index is 683. The number of methoxy groups -OCH3 is 1. The van der Waals surface area contributed by atoms with E-state index in [0.29, 0.717) is 5.75 Å². The largest absolute Gasteiger partial charge is 0.496 e. The van der Waals surface area contributed by atoms with E-state index < -0.39 is 0 Å². The van der Waals surface area contributed by atoms with E-state index in [9.17, 15) is 4.79 Å². The number of carbonyl (C=O) groups excluding carboxylic acids is 1. The van der Waals surface area contributed by atoms with Crippen LogP contribution in [0.15, 0.2) is 47.4 Å². The second kappa shape index (κ2) is 8.78. The minimum atomic E-state index is 0.0284. The van der Waals surface area contributed by atoms with Crippen LogP contribution >= 0.6 is 11.8 Å². The van der Waals surface area contributed by atoms with E-state index in [-0.39, 0.29) is 11.9 Å². The average Bonchev–Trinajstić information content (AvgIpc) is 2.59. The van der Waals surface area contributed by atoms with Gasteiger partial charge in [0.25, 0.3) is 0 Å². The number of thioether (sulfide) groups is 1. The van der Waals surface area contributed by atoms with Crippen molar-refractivity contribution in [2.45, 2.75) is 38.1 Å². The molecule has 0 saturated carbocycles. The number of benzene rings is 2. The fourth-order valence-corrected chi connectivity index (χ4v) is 3.27. The molecule has 0 unspecified atom stereocenters. The molecule has 2 rings (SSSR count). The molecule has 0 radical (unpaired) electrons. The summed E-state index contributed by atoms with van der Waals surface area (Å²) < 4.78 is 5.30. The Morgan fingerprint density at radius 1 is 1.17 bits per heavy atom. The lowest BCUT2D eigenvalue weighted by atomic mass is 10.0. The zero-order valence-electron chi connectivity index (χ0n) is 14.8. The van der Waals surface area contributed by atoms with Crippen LogP contribution in [0.5, 0.6) is 5.75 Å². The maximum atomic E-state index is 12.3. The van der Waals surface area contributed by atoms with Gasteiger partial charge < -0.3 is 10.1 Å². The number of hydrogen-bond donors (Lipinski definition) is 1. The standard InChI is InChI=1S/C20H25NO2S/c1-5-18(16-8-11-19(23-4)15(3)12-16)21-20(22)13-24-17-9-6-14(2)7-10-17/h6-12,18H,5,13H2,1-4H3,(H,21,22)/t18-/m1/s1. The van der Waals surface area contributed by atoms with Crippen molar-refractivity contribution in [1.82, 2.24) is 5.32 Å². The summed E-state index contributed by atoms with van der Waals surface area (Å²) in [5.41, 5.74) is 3.42. The average molecular weight is 343 g/mol. The van der Waals surface area contributed by atoms with E-state index in [2.05, 4.69) is 49.5 Å². The molecular formula is C20H25NO2S. The predicted molar refractivity (Wildman–Crippen MR) is 101 cm³/mol. The van der Waals surface area contributed by atoms with Crippen molar-refractivity contribution in [2.24, 2.45) is 0 Å². The predicted octanol–water partition coefficient (Wildman–Crippen LogP) is 4.67. The number of nitrogens with one attached hydrogen (secondary N) is 1. The van der Waals surface area contributed by atoms with Gasteiger partial charge in [0.2, 0.25) is 5.91 Å². The van der Waals surface area contributed by atoms with E-state index in [1.807, 2.05) is 19.1 Å². The Hall–Kier alpha value is -1.94. The molecule has 2 aromatic rings. The molecule has 1 N–H and O–H groups in total. The molecule has 0 aliphatic carbocycles. The third-order valence-electron chi connectivity index (χ3n) is 3.96. The third kappa shape index (κ3) is 5.03. The molecule has 0 aromatic heterocycles. The minimum absolute atomic E-state index is 0.0284. The summed E-state index contributed by atoms with van der Waals surface area (Å²) in [7, 11) is 1.67. The zero-order valence-corrected chi connectivity index (χ0v) is 15.6. The highest BCUT2D eigenvalue weighted by atomic mass is 32.2. The van der Waals surface area contributed by atoms with Gasteiger partial charge in [-0.05, 0) is 49.6 Å². The van der Waals surface area contributed by atoms with Gasteiger partial charge in [0.05, 0.1) is 18.9 Å². The van der Waals surface area contributed by atoms with E-state index in [1.54, 1.807) is 18.9 Å². The first-order valence-electron chi connectivity index (χ1n) is 8.16. The third-order valence-corrected chi connectivity index (χ3v) is 4.97. The van der Waals surface area contributed by atoms with Crippen LogP contribution in [0.25, 0.3) is 0 Å². The Labute approximate surface area is 148 Å². The molecule has 1 amide bonds. The van der Waals surface area contributed by atoms with Gasteiger partial charge in [-0.2, -0.15) is 0 Å². The van der Waals surface area contributed by atoms with Crippen LogP contribution in [-0.2, 0) is 4.79 Å². The Morgan fingerprint density at radius 3 is 2.46 bits per heavy atom. The molecule has 24 heavy (non-hydrogen) atoms. The summed E-state index contributed by atoms with van der Waals surface area (Å²) in [6.45, 7) is 6.16. The molecule has 1 atom stereocenters. The van der Waals surface area contributed by atoms with Gasteiger partial charge in [-0.3, -0.25) is 4.79 Å². The van der Waals surface area contributed by atoms with Crippen molar-refractivity contribution < 1.29 is 9.53 Å². The highest BCUT2D eigenvalue weighted by Gasteiger charge is 2.14. The maximum absolute atomic E-state index is 12.3. The summed E-state index contributed by atoms with van der Waals surface area (Å²) in [6, 6.07) is 14.3. The van der Waals surface area contributed by atoms with Crippen molar-refractivity contribution in [3.63, 3.8) is 0 Å². The highest BCUT2D eigenvalue weighted by molar-refractivity contribution is 8.00. The van der Waals surface area contributed by atoms with Gasteiger partial charge in [-0.25, -0.2) is 0 Å². The lowest BCUT2D eigenvalue weighted by Gasteiger charge is -2.19. The minimum Gasteiger partial charge on any atom is -0.496 e. The first kappa shape index (κ1) is 18.4. The van der Waals surface area contributed by atoms with Gasteiger partial charge in [-0.1, -0.05) is 36.8 Å². The molecule has 3 nitrogen and oxygen atoms in total. The quantitative estimate of drug-likeness (QED) is 0.742. The molecule has 4 heteroatoms. The highest BCUT2D eigenvalue weighted by Crippen LogP contribution is 2.25. The lowest BCUT2D eigenvalue weighted by Crippen LogP contribution is -2.29. The van der Waals surface area contributed by atoms with Crippen LogP contribution in [0.2, 0.25) is 0 Å². The van der Waals surface area contributed by atoms with E-state index >= 15 is 0 Å². The molecule has 0 aliphatic heterocycles. The van der Waals surface area contributed by atoms with Crippen molar-refractivity contribution in [3.05, 3.63) is 59.2 Å². The summed E-state index contributed by atoms with van der Waals surface area (Å²) in [5.74, 6) is 1.35. The fraction of sp³-hybridized carbons (Fsp3) is 0.350. The van der Waals surface area contributed by atoms with E-state index in [1.165, 1.54) is 5.56 Å². The van der Waals surface area contributed by atoms with Crippen LogP contribution in [-0.4, -0.2) is 18.8 Å². The SMILES string of the molecule is CC[C@@H](NC(=O)CSc1ccc(C)cc1)c1ccc(OC)c(C)c1. The van der Waals surface area contributed by atoms with Gasteiger partial charge in [0, 0.05) is 4.90 Å². The van der Waals surface area contributed by atoms with Gasteiger partial charge in [0.15, 0.2) is 0 Å². The molecule has 2 aromatic carbocycles. The fourth-order valence-electron chi connectivity index (χ4n) is 2.56. The number of aryl methyl sites for hydroxylation is 2. The molecular weight excluding hydrogens is 318 g/mol. The summed E-state index contributed by atoms with van der Waals surface area (Å²) in [6.07, 6.45) is 0.854. The van der Waals surface area contributed by atoms with Gasteiger partial charge >= 0.3 is 0 Å². The van der Waals surface area contributed by atoms with Crippen LogP contribution in [0.1, 0.15) is 36.1 Å². The number of rotatable bonds is 7. The number of hydrogen-bond acceptors (Lipinski definition) is 3. The lowest BCUT2D eigenvalue weighted by molar-refractivity contribution is -0.119. The summed E-state index contributed by atoms with van der Waals surface area (Å²) in [4.78, 5) is 13.4. The number of ether oxygens (including phenoxy) is 1. The van der Waals surface area contributed by atoms with Crippen molar-refractivity contribution in [2.75, 3.05) is 12.9 Å². The molecule has 128 valence electrons. The first-order valence-corrected chi connectivity index (χ1v) is 9.15. The Balaban J connectivity index is 1.95. The number of carbonyl (C=O) groups is 1. The maximum Gasteiger partial charge on any atom is 0.230 e. The van der Waals surface area contributed by atoms with Crippen molar-refractivity contribution in [1.29, 1.82) is 0 Å². The topological polar surface area (TPSA) is 38.3 Å². The first-order chi connectivity index (χ1) is 11.5. The van der Waals surface area contributed by atoms with Gasteiger partial charge in [-0.15, -0.1) is 11.8 Å². The summed E-state index contributed by atoms with van der Waals surface area (Å²) in [5, 5.41) is 3.13. The molecule has 0 spiro atoms. The van der Waals surface area contributed by atoms with Crippen LogP contribution < -0.4 is 10.1 Å². The molecule has 0 aliphatic rings. The second-order valence-corrected chi connectivity index (χ2v) is 6.91. The Morgan fingerprint density at radius 2 is 1.88 bits per heavy atom. The molecule has 0 heterocycles. The number of amides is 1. The van der Waals surface area contributed by atoms with E-state index in [0.717, 1.165) is 28.2 Å². The molecule has 0 saturated heterocycles. The molecule has 0 bridgehead atoms. The van der Waals surface area contributed by atoms with Crippen LogP contribution in [0.3, 0.4) is 0 Å². The van der Waals surface area contributed by atoms with Crippen LogP contribution in [0, 0.1) is 13.8 Å². The Kier molecular flexibility index (Phi) is 6.73. The summed E-state index contributed by atoms with van der Waals surface area (Å²) >= 11 is 1.56. The van der Waals surface area contributed by atoms with Gasteiger partial charge in [0.1, 0.15) is 5.75 Å². The second-order valence-electron chi connectivity index (χ2n) is 5.86. The monoisotopic (exact) mass is 343 g/mol. The van der Waals surface area contributed by atoms with Crippen molar-refractivity contribution in [3.8, 4) is 5.75 Å². The smallest absolute Gasteiger partial charge is 0.230 e. The van der Waals surface area contributed by atoms with E-state index in [4.69, 9.17) is 4.74 Å². The van der Waals surface area contributed by atoms with Crippen LogP contribution in [0.4, 0.5) is 0 Å². The molecule has 0 fully saturated rings. The van der Waals surface area contributed by atoms with Crippen molar-refractivity contribution >= 4 is 17.7 Å². The normalized spacial score (nSPS) is 11.8. The zero-order chi connectivity index (χ0) is 17.5.